The van der Waals surface area contributed by atoms with Crippen molar-refractivity contribution in [1.82, 2.24) is 5.32 Å². The van der Waals surface area contributed by atoms with Crippen LogP contribution in [0.15, 0.2) is 40.6 Å². The van der Waals surface area contributed by atoms with E-state index in [1.807, 2.05) is 17.5 Å². The number of fused-ring (bicyclic) bond motifs is 1. The molecule has 1 aromatic carbocycles. The third kappa shape index (κ3) is 2.70. The predicted octanol–water partition coefficient (Wildman–Crippen LogP) is 3.27. The molecule has 1 atom stereocenters. The van der Waals surface area contributed by atoms with Crippen LogP contribution < -0.4 is 5.32 Å². The molecule has 0 saturated heterocycles. The van der Waals surface area contributed by atoms with Gasteiger partial charge in [0.25, 0.3) is 5.91 Å². The van der Waals surface area contributed by atoms with Crippen molar-refractivity contribution < 1.29 is 13.2 Å². The van der Waals surface area contributed by atoms with Crippen molar-refractivity contribution in [3.8, 4) is 0 Å². The molecule has 0 unspecified atom stereocenters. The number of sulfone groups is 1. The molecule has 0 radical (unpaired) electrons. The van der Waals surface area contributed by atoms with Crippen LogP contribution in [0.2, 0.25) is 0 Å². The van der Waals surface area contributed by atoms with Gasteiger partial charge in [-0.2, -0.15) is 0 Å². The molecule has 1 N–H and O–H groups in total. The van der Waals surface area contributed by atoms with E-state index in [0.29, 0.717) is 22.8 Å². The molecular formula is C17H17NO3S2. The summed E-state index contributed by atoms with van der Waals surface area (Å²) in [5.74, 6) is 0.525. The smallest absolute Gasteiger partial charge is 0.262 e. The Balaban J connectivity index is 1.62. The largest absolute Gasteiger partial charge is 0.344 e. The second-order valence-corrected chi connectivity index (χ2v) is 9.14. The van der Waals surface area contributed by atoms with Gasteiger partial charge in [-0.05, 0) is 53.8 Å². The number of thiophene rings is 1. The average Bonchev–Trinajstić information content (AvgIpc) is 3.27. The van der Waals surface area contributed by atoms with Crippen LogP contribution in [0.25, 0.3) is 0 Å². The van der Waals surface area contributed by atoms with E-state index < -0.39 is 9.84 Å². The zero-order valence-electron chi connectivity index (χ0n) is 12.5. The Kier molecular flexibility index (Phi) is 3.54. The fourth-order valence-electron chi connectivity index (χ4n) is 3.18. The monoisotopic (exact) mass is 347 g/mol. The van der Waals surface area contributed by atoms with Gasteiger partial charge in [-0.25, -0.2) is 8.42 Å². The minimum atomic E-state index is -3.22. The van der Waals surface area contributed by atoms with E-state index >= 15 is 0 Å². The van der Waals surface area contributed by atoms with E-state index in [4.69, 9.17) is 0 Å². The van der Waals surface area contributed by atoms with Gasteiger partial charge < -0.3 is 5.32 Å². The van der Waals surface area contributed by atoms with Crippen LogP contribution in [0.4, 0.5) is 0 Å². The topological polar surface area (TPSA) is 63.2 Å². The molecule has 1 saturated carbocycles. The first-order chi connectivity index (χ1) is 11.1. The van der Waals surface area contributed by atoms with Crippen LogP contribution in [0, 0.1) is 0 Å². The zero-order valence-corrected chi connectivity index (χ0v) is 14.1. The first-order valence-electron chi connectivity index (χ1n) is 7.76. The average molecular weight is 347 g/mol. The molecule has 4 rings (SSSR count). The van der Waals surface area contributed by atoms with Gasteiger partial charge in [0.05, 0.1) is 21.6 Å². The highest BCUT2D eigenvalue weighted by atomic mass is 32.2. The fraction of sp³-hybridized carbons (Fsp3) is 0.353. The maximum atomic E-state index is 12.6. The Hall–Kier alpha value is -1.66. The second-order valence-electron chi connectivity index (χ2n) is 6.15. The van der Waals surface area contributed by atoms with Crippen LogP contribution in [-0.2, 0) is 9.84 Å². The lowest BCUT2D eigenvalue weighted by Crippen LogP contribution is -2.33. The van der Waals surface area contributed by atoms with Crippen LogP contribution in [0.3, 0.4) is 0 Å². The molecule has 6 heteroatoms. The fourth-order valence-corrected chi connectivity index (χ4v) is 5.69. The van der Waals surface area contributed by atoms with E-state index in [1.54, 1.807) is 18.2 Å². The van der Waals surface area contributed by atoms with Crippen LogP contribution in [-0.4, -0.2) is 20.1 Å². The number of hydrogen-bond acceptors (Lipinski definition) is 4. The molecule has 2 aromatic rings. The van der Waals surface area contributed by atoms with Gasteiger partial charge in [-0.3, -0.25) is 4.79 Å². The SMILES string of the molecule is O=C(N[C@@H]1CCS(=O)(=O)c2ccccc21)c1sccc1C1CC1. The van der Waals surface area contributed by atoms with E-state index in [1.165, 1.54) is 11.3 Å². The van der Waals surface area contributed by atoms with Crippen molar-refractivity contribution in [2.75, 3.05) is 5.75 Å². The Bertz CT molecular complexity index is 865. The highest BCUT2D eigenvalue weighted by molar-refractivity contribution is 7.91. The molecule has 2 heterocycles. The summed E-state index contributed by atoms with van der Waals surface area (Å²) in [4.78, 5) is 13.8. The number of carbonyl (C=O) groups is 1. The number of benzene rings is 1. The molecule has 0 bridgehead atoms. The quantitative estimate of drug-likeness (QED) is 0.927. The maximum Gasteiger partial charge on any atom is 0.262 e. The van der Waals surface area contributed by atoms with Crippen LogP contribution in [0.1, 0.15) is 52.0 Å². The maximum absolute atomic E-state index is 12.6. The first kappa shape index (κ1) is 14.9. The Morgan fingerprint density at radius 3 is 2.65 bits per heavy atom. The molecule has 1 aliphatic carbocycles. The van der Waals surface area contributed by atoms with Crippen molar-refractivity contribution in [1.29, 1.82) is 0 Å². The lowest BCUT2D eigenvalue weighted by Gasteiger charge is -2.26. The molecule has 1 aliphatic heterocycles. The number of rotatable bonds is 3. The summed E-state index contributed by atoms with van der Waals surface area (Å²) in [5, 5.41) is 5.01. The third-order valence-electron chi connectivity index (χ3n) is 4.53. The molecular weight excluding hydrogens is 330 g/mol. The summed E-state index contributed by atoms with van der Waals surface area (Å²) in [7, 11) is -3.22. The van der Waals surface area contributed by atoms with Gasteiger partial charge in [0.15, 0.2) is 9.84 Å². The summed E-state index contributed by atoms with van der Waals surface area (Å²) in [6, 6.07) is 8.77. The molecule has 4 nitrogen and oxygen atoms in total. The standard InChI is InChI=1S/C17H17NO3S2/c19-17(16-12(7-9-22-16)11-5-6-11)18-14-8-10-23(20,21)15-4-2-1-3-13(14)15/h1-4,7,9,11,14H,5-6,8,10H2,(H,18,19)/t14-/m1/s1. The normalized spacial score (nSPS) is 22.3. The van der Waals surface area contributed by atoms with Crippen molar-refractivity contribution in [2.45, 2.75) is 36.1 Å². The molecule has 1 aromatic heterocycles. The first-order valence-corrected chi connectivity index (χ1v) is 10.3. The molecule has 2 aliphatic rings. The van der Waals surface area contributed by atoms with Crippen LogP contribution >= 0.6 is 11.3 Å². The summed E-state index contributed by atoms with van der Waals surface area (Å²) in [5.41, 5.74) is 1.85. The van der Waals surface area contributed by atoms with Crippen molar-refractivity contribution >= 4 is 27.1 Å². The van der Waals surface area contributed by atoms with E-state index in [2.05, 4.69) is 5.32 Å². The number of carbonyl (C=O) groups excluding carboxylic acids is 1. The number of amides is 1. The molecule has 23 heavy (non-hydrogen) atoms. The van der Waals surface area contributed by atoms with Gasteiger partial charge in [0.2, 0.25) is 0 Å². The van der Waals surface area contributed by atoms with Crippen molar-refractivity contribution in [3.63, 3.8) is 0 Å². The van der Waals surface area contributed by atoms with Crippen LogP contribution in [0.5, 0.6) is 0 Å². The highest BCUT2D eigenvalue weighted by Gasteiger charge is 2.33. The second kappa shape index (κ2) is 5.46. The highest BCUT2D eigenvalue weighted by Crippen LogP contribution is 2.43. The zero-order chi connectivity index (χ0) is 16.0. The van der Waals surface area contributed by atoms with Crippen molar-refractivity contribution in [2.24, 2.45) is 0 Å². The molecule has 1 amide bonds. The molecule has 1 fully saturated rings. The van der Waals surface area contributed by atoms with E-state index in [-0.39, 0.29) is 17.7 Å². The van der Waals surface area contributed by atoms with Gasteiger partial charge in [-0.1, -0.05) is 18.2 Å². The lowest BCUT2D eigenvalue weighted by molar-refractivity contribution is 0.0938. The summed E-state index contributed by atoms with van der Waals surface area (Å²) >= 11 is 1.47. The summed E-state index contributed by atoms with van der Waals surface area (Å²) in [6.07, 6.45) is 2.73. The van der Waals surface area contributed by atoms with Crippen molar-refractivity contribution in [3.05, 3.63) is 51.7 Å². The molecule has 0 spiro atoms. The Morgan fingerprint density at radius 2 is 1.87 bits per heavy atom. The third-order valence-corrected chi connectivity index (χ3v) is 7.27. The van der Waals surface area contributed by atoms with Gasteiger partial charge in [-0.15, -0.1) is 11.3 Å². The number of nitrogens with one attached hydrogen (secondary N) is 1. The Labute approximate surface area is 139 Å². The van der Waals surface area contributed by atoms with E-state index in [9.17, 15) is 13.2 Å². The van der Waals surface area contributed by atoms with Gasteiger partial charge >= 0.3 is 0 Å². The summed E-state index contributed by atoms with van der Waals surface area (Å²) in [6.45, 7) is 0. The van der Waals surface area contributed by atoms with Gasteiger partial charge in [0.1, 0.15) is 0 Å². The minimum Gasteiger partial charge on any atom is -0.344 e. The predicted molar refractivity (Wildman–Crippen MR) is 89.6 cm³/mol. The number of hydrogen-bond donors (Lipinski definition) is 1. The molecule has 120 valence electrons. The van der Waals surface area contributed by atoms with E-state index in [0.717, 1.165) is 23.3 Å². The van der Waals surface area contributed by atoms with Gasteiger partial charge in [0, 0.05) is 0 Å². The summed E-state index contributed by atoms with van der Waals surface area (Å²) < 4.78 is 24.3. The Morgan fingerprint density at radius 1 is 1.09 bits per heavy atom. The minimum absolute atomic E-state index is 0.0783. The lowest BCUT2D eigenvalue weighted by atomic mass is 10.0.